The molecule has 0 aliphatic heterocycles. The second kappa shape index (κ2) is 21.1. The van der Waals surface area contributed by atoms with Crippen molar-refractivity contribution in [1.82, 2.24) is 5.09 Å². The molecule has 3 aliphatic rings. The molecule has 3 aliphatic carbocycles. The fourth-order valence-electron chi connectivity index (χ4n) is 7.78. The Morgan fingerprint density at radius 1 is 1.00 bits per heavy atom. The van der Waals surface area contributed by atoms with Crippen molar-refractivity contribution in [3.8, 4) is 5.75 Å². The molecule has 244 valence electrons. The number of esters is 1. The van der Waals surface area contributed by atoms with E-state index >= 15 is 0 Å². The molecule has 1 N–H and O–H groups in total. The fraction of sp³-hybridized carbons (Fsp3) is 0.545. The van der Waals surface area contributed by atoms with Crippen LogP contribution in [-0.2, 0) is 29.8 Å². The summed E-state index contributed by atoms with van der Waals surface area (Å²) in [7, 11) is -4.75. The smallest absolute Gasteiger partial charge is 0.766 e. The quantitative estimate of drug-likeness (QED) is 0.0638. The molecule has 2 fully saturated rings. The van der Waals surface area contributed by atoms with Crippen LogP contribution in [0.2, 0.25) is 0 Å². The average molecular weight is 758 g/mol. The van der Waals surface area contributed by atoms with Gasteiger partial charge in [0.2, 0.25) is 7.75 Å². The Hall–Kier alpha value is 1.83. The van der Waals surface area contributed by atoms with Crippen molar-refractivity contribution in [3.63, 3.8) is 0 Å². The summed E-state index contributed by atoms with van der Waals surface area (Å²) in [5, 5.41) is 23.6. The number of benzene rings is 2. The van der Waals surface area contributed by atoms with Crippen molar-refractivity contribution in [3.05, 3.63) is 65.2 Å². The predicted octanol–water partition coefficient (Wildman–Crippen LogP) is -6.73. The first-order valence-corrected chi connectivity index (χ1v) is 17.2. The molecule has 0 amide bonds. The van der Waals surface area contributed by atoms with Crippen LogP contribution < -0.4 is 179 Å². The number of rotatable bonds is 14. The first kappa shape index (κ1) is 46.0. The third-order valence-electron chi connectivity index (χ3n) is 9.94. The zero-order valence-electron chi connectivity index (χ0n) is 28.3. The van der Waals surface area contributed by atoms with Crippen LogP contribution in [0, 0.1) is 17.3 Å². The summed E-state index contributed by atoms with van der Waals surface area (Å²) in [6, 6.07) is 13.3. The number of carbonyl (C=O) groups excluding carboxylic acids is 3. The van der Waals surface area contributed by atoms with Gasteiger partial charge >= 0.3 is 160 Å². The van der Waals surface area contributed by atoms with Gasteiger partial charge in [-0.3, -0.25) is 4.57 Å². The maximum atomic E-state index is 12.5. The maximum Gasteiger partial charge on any atom is 1.00 e. The molecule has 0 radical (unpaired) electrons. The third-order valence-corrected chi connectivity index (χ3v) is 11.1. The van der Waals surface area contributed by atoms with E-state index in [0.717, 1.165) is 38.5 Å². The monoisotopic (exact) mass is 757 g/mol. The molecule has 48 heavy (non-hydrogen) atoms. The van der Waals surface area contributed by atoms with Crippen LogP contribution in [-0.4, -0.2) is 43.3 Å². The largest absolute Gasteiger partial charge is 1.00 e. The molecular formula is C33H39K3NO10P. The van der Waals surface area contributed by atoms with Crippen molar-refractivity contribution >= 4 is 25.7 Å². The van der Waals surface area contributed by atoms with E-state index < -0.39 is 38.6 Å². The third kappa shape index (κ3) is 11.9. The number of hydrogen-bond donors (Lipinski definition) is 1. The van der Waals surface area contributed by atoms with Crippen molar-refractivity contribution in [2.45, 2.75) is 82.8 Å². The molecule has 2 aromatic rings. The maximum absolute atomic E-state index is 12.5. The number of aliphatic carboxylic acids is 2. The van der Waals surface area contributed by atoms with Crippen molar-refractivity contribution < 1.29 is 202 Å². The first-order chi connectivity index (χ1) is 21.5. The van der Waals surface area contributed by atoms with Gasteiger partial charge in [0, 0.05) is 12.6 Å². The molecule has 7 atom stereocenters. The summed E-state index contributed by atoms with van der Waals surface area (Å²) in [5.74, 6) is -1.54. The van der Waals surface area contributed by atoms with Crippen LogP contribution in [0.3, 0.4) is 0 Å². The number of carbonyl (C=O) groups is 3. The molecule has 0 aromatic heterocycles. The van der Waals surface area contributed by atoms with Crippen LogP contribution in [0.25, 0.3) is 0 Å². The van der Waals surface area contributed by atoms with Gasteiger partial charge in [-0.05, 0) is 116 Å². The van der Waals surface area contributed by atoms with Crippen LogP contribution in [0.5, 0.6) is 5.75 Å². The molecule has 1 unspecified atom stereocenters. The van der Waals surface area contributed by atoms with Crippen LogP contribution in [0.15, 0.2) is 48.5 Å². The summed E-state index contributed by atoms with van der Waals surface area (Å²) >= 11 is 0. The number of hydrogen-bond acceptors (Lipinski definition) is 10. The van der Waals surface area contributed by atoms with Crippen molar-refractivity contribution in [1.29, 1.82) is 0 Å². The van der Waals surface area contributed by atoms with Crippen LogP contribution in [0.1, 0.15) is 85.7 Å². The molecule has 2 saturated carbocycles. The van der Waals surface area contributed by atoms with Gasteiger partial charge < -0.3 is 38.7 Å². The Bertz CT molecular complexity index is 1450. The van der Waals surface area contributed by atoms with Gasteiger partial charge in [0.25, 0.3) is 0 Å². The number of nitrogens with one attached hydrogen (secondary N) is 1. The minimum absolute atomic E-state index is 0. The number of ether oxygens (including phenoxy) is 2. The predicted molar refractivity (Wildman–Crippen MR) is 157 cm³/mol. The van der Waals surface area contributed by atoms with Crippen molar-refractivity contribution in [2.24, 2.45) is 17.3 Å². The Labute approximate surface area is 409 Å². The van der Waals surface area contributed by atoms with Gasteiger partial charge in [-0.25, -0.2) is 9.88 Å². The molecule has 0 spiro atoms. The van der Waals surface area contributed by atoms with Gasteiger partial charge in [-0.1, -0.05) is 31.2 Å². The van der Waals surface area contributed by atoms with E-state index in [1.807, 2.05) is 35.4 Å². The standard InChI is InChI=1S/C33H42NO10P.3K/c1-33-17-16-25-24-11-9-23(44-32(39)21-6-3-2-4-7-21)20-22(24)8-10-26(25)27(33)12-14-29(33)42-18-5-19-43-45(40,41)34-28(31(37)38)13-15-30(35)36;;;/h2-4,6-7,9,11,20,25-29H,5,8,10,12-19H2,1H3,(H,35,36)(H,37,38)(H2,34,40,41);;;/q;3*+1/p-3/t25-,26-,27+,28+,29+,33+;;;/m1.../s1. The van der Waals surface area contributed by atoms with E-state index in [9.17, 15) is 34.1 Å². The topological polar surface area (TPSA) is 177 Å². The molecule has 0 saturated heterocycles. The minimum Gasteiger partial charge on any atom is -0.766 e. The number of fused-ring (bicyclic) bond motifs is 5. The minimum atomic E-state index is -4.75. The summed E-state index contributed by atoms with van der Waals surface area (Å²) in [4.78, 5) is 46.5. The SMILES string of the molecule is C[C@]12CC[C@@H]3c4ccc(OC(=O)c5ccccc5)cc4CC[C@H]3[C@@H]1CC[C@@H]2OCCCOP(=O)([O-])N[C@@H](CCC(=O)[O-])C(=O)[O-].[K+].[K+].[K+]. The average Bonchev–Trinajstić information content (AvgIpc) is 3.35. The van der Waals surface area contributed by atoms with E-state index in [0.29, 0.717) is 35.7 Å². The normalized spacial score (nSPS) is 25.6. The summed E-state index contributed by atoms with van der Waals surface area (Å²) in [6.45, 7) is 2.40. The number of carboxylic acid groups (broad SMARTS) is 2. The molecule has 2 aromatic carbocycles. The van der Waals surface area contributed by atoms with E-state index in [4.69, 9.17) is 14.0 Å². The van der Waals surface area contributed by atoms with Gasteiger partial charge in [-0.15, -0.1) is 0 Å². The van der Waals surface area contributed by atoms with E-state index in [1.165, 1.54) is 11.1 Å². The second-order valence-electron chi connectivity index (χ2n) is 12.6. The van der Waals surface area contributed by atoms with E-state index in [2.05, 4.69) is 13.0 Å². The van der Waals surface area contributed by atoms with Crippen LogP contribution >= 0.6 is 7.75 Å². The number of aryl methyl sites for hydroxylation is 1. The van der Waals surface area contributed by atoms with E-state index in [1.54, 1.807) is 12.1 Å². The Morgan fingerprint density at radius 3 is 2.42 bits per heavy atom. The molecule has 0 heterocycles. The zero-order valence-corrected chi connectivity index (χ0v) is 38.6. The summed E-state index contributed by atoms with van der Waals surface area (Å²) in [5.41, 5.74) is 3.13. The fourth-order valence-corrected chi connectivity index (χ4v) is 8.84. The molecule has 0 bridgehead atoms. The number of carboxylic acids is 2. The zero-order chi connectivity index (χ0) is 32.2. The molecule has 15 heteroatoms. The van der Waals surface area contributed by atoms with Crippen molar-refractivity contribution in [2.75, 3.05) is 13.2 Å². The Kier molecular flexibility index (Phi) is 20.2. The Morgan fingerprint density at radius 2 is 1.73 bits per heavy atom. The van der Waals surface area contributed by atoms with E-state index in [-0.39, 0.29) is 185 Å². The van der Waals surface area contributed by atoms with Gasteiger partial charge in [0.15, 0.2) is 0 Å². The summed E-state index contributed by atoms with van der Waals surface area (Å²) in [6.07, 6.45) is 5.24. The van der Waals surface area contributed by atoms with Gasteiger partial charge in [-0.2, -0.15) is 0 Å². The second-order valence-corrected chi connectivity index (χ2v) is 14.1. The molecular weight excluding hydrogens is 719 g/mol. The van der Waals surface area contributed by atoms with Gasteiger partial charge in [0.1, 0.15) is 5.75 Å². The summed E-state index contributed by atoms with van der Waals surface area (Å²) < 4.78 is 29.0. The molecule has 5 rings (SSSR count). The first-order valence-electron chi connectivity index (χ1n) is 15.6. The van der Waals surface area contributed by atoms with Gasteiger partial charge in [0.05, 0.1) is 30.3 Å². The Balaban J connectivity index is 0.00000267. The van der Waals surface area contributed by atoms with Crippen LogP contribution in [0.4, 0.5) is 0 Å². The molecule has 11 nitrogen and oxygen atoms in total.